The van der Waals surface area contributed by atoms with Gasteiger partial charge in [0.2, 0.25) is 0 Å². The third-order valence-corrected chi connectivity index (χ3v) is 3.25. The van der Waals surface area contributed by atoms with Crippen LogP contribution in [0.15, 0.2) is 36.4 Å². The van der Waals surface area contributed by atoms with Crippen molar-refractivity contribution in [3.05, 3.63) is 58.9 Å². The van der Waals surface area contributed by atoms with Crippen LogP contribution in [-0.4, -0.2) is 11.1 Å². The van der Waals surface area contributed by atoms with Crippen LogP contribution in [0.4, 0.5) is 4.39 Å². The third kappa shape index (κ3) is 2.11. The van der Waals surface area contributed by atoms with E-state index in [0.717, 1.165) is 16.7 Å². The zero-order chi connectivity index (χ0) is 13.4. The van der Waals surface area contributed by atoms with Gasteiger partial charge in [0.1, 0.15) is 5.82 Å². The predicted octanol–water partition coefficient (Wildman–Crippen LogP) is 3.22. The zero-order valence-electron chi connectivity index (χ0n) is 10.0. The lowest BCUT2D eigenvalue weighted by Crippen LogP contribution is -2.00. The highest BCUT2D eigenvalue weighted by atomic mass is 19.1. The monoisotopic (exact) mass is 258 g/mol. The van der Waals surface area contributed by atoms with Crippen molar-refractivity contribution in [3.8, 4) is 11.1 Å². The maximum atomic E-state index is 13.7. The molecule has 0 amide bonds. The molecule has 1 aliphatic heterocycles. The van der Waals surface area contributed by atoms with Gasteiger partial charge in [0.15, 0.2) is 0 Å². The van der Waals surface area contributed by atoms with Gasteiger partial charge in [0, 0.05) is 0 Å². The van der Waals surface area contributed by atoms with Crippen LogP contribution in [0.2, 0.25) is 0 Å². The number of carboxylic acids is 1. The maximum absolute atomic E-state index is 13.7. The van der Waals surface area contributed by atoms with E-state index in [1.807, 2.05) is 18.2 Å². The Balaban J connectivity index is 2.03. The fourth-order valence-corrected chi connectivity index (χ4v) is 2.22. The lowest BCUT2D eigenvalue weighted by atomic mass is 9.99. The molecule has 2 aromatic rings. The van der Waals surface area contributed by atoms with Crippen molar-refractivity contribution in [3.63, 3.8) is 0 Å². The summed E-state index contributed by atoms with van der Waals surface area (Å²) >= 11 is 0. The van der Waals surface area contributed by atoms with Crippen molar-refractivity contribution in [2.45, 2.75) is 13.2 Å². The summed E-state index contributed by atoms with van der Waals surface area (Å²) in [7, 11) is 0. The lowest BCUT2D eigenvalue weighted by Gasteiger charge is -2.06. The number of rotatable bonds is 2. The van der Waals surface area contributed by atoms with Crippen molar-refractivity contribution in [2.75, 3.05) is 0 Å². The van der Waals surface area contributed by atoms with Gasteiger partial charge in [0.05, 0.1) is 18.8 Å². The smallest absolute Gasteiger partial charge is 0.338 e. The molecular weight excluding hydrogens is 247 g/mol. The number of halogens is 1. The zero-order valence-corrected chi connectivity index (χ0v) is 10.0. The normalized spacial score (nSPS) is 13.3. The number of hydrogen-bond acceptors (Lipinski definition) is 2. The molecule has 3 nitrogen and oxygen atoms in total. The average molecular weight is 258 g/mol. The van der Waals surface area contributed by atoms with Gasteiger partial charge in [-0.3, -0.25) is 0 Å². The summed E-state index contributed by atoms with van der Waals surface area (Å²) in [5.41, 5.74) is 3.46. The van der Waals surface area contributed by atoms with E-state index in [-0.39, 0.29) is 5.56 Å². The second-order valence-electron chi connectivity index (χ2n) is 4.48. The van der Waals surface area contributed by atoms with E-state index < -0.39 is 11.8 Å². The Hall–Kier alpha value is -2.20. The summed E-state index contributed by atoms with van der Waals surface area (Å²) in [5.74, 6) is -1.98. The highest BCUT2D eigenvalue weighted by Crippen LogP contribution is 2.28. The number of aromatic carboxylic acids is 1. The van der Waals surface area contributed by atoms with Crippen LogP contribution in [0.1, 0.15) is 21.5 Å². The van der Waals surface area contributed by atoms with Crippen molar-refractivity contribution < 1.29 is 19.0 Å². The summed E-state index contributed by atoms with van der Waals surface area (Å²) in [5, 5.41) is 8.80. The number of ether oxygens (including phenoxy) is 1. The first-order valence-electron chi connectivity index (χ1n) is 5.88. The van der Waals surface area contributed by atoms with Gasteiger partial charge in [-0.25, -0.2) is 9.18 Å². The fraction of sp³-hybridized carbons (Fsp3) is 0.133. The van der Waals surface area contributed by atoms with Gasteiger partial charge >= 0.3 is 5.97 Å². The van der Waals surface area contributed by atoms with Gasteiger partial charge in [-0.15, -0.1) is 0 Å². The van der Waals surface area contributed by atoms with Gasteiger partial charge in [0.25, 0.3) is 0 Å². The summed E-state index contributed by atoms with van der Waals surface area (Å²) in [6.07, 6.45) is 0. The minimum Gasteiger partial charge on any atom is -0.478 e. The summed E-state index contributed by atoms with van der Waals surface area (Å²) in [6, 6.07) is 9.96. The molecule has 3 rings (SSSR count). The first kappa shape index (κ1) is 11.9. The van der Waals surface area contributed by atoms with E-state index in [1.165, 1.54) is 12.1 Å². The van der Waals surface area contributed by atoms with Crippen LogP contribution in [0.5, 0.6) is 0 Å². The van der Waals surface area contributed by atoms with E-state index >= 15 is 0 Å². The standard InChI is InChI=1S/C15H11FO3/c16-14-6-10(3-4-13(14)15(17)18)9-1-2-11-7-19-8-12(11)5-9/h1-6H,7-8H2,(H,17,18). The topological polar surface area (TPSA) is 46.5 Å². The maximum Gasteiger partial charge on any atom is 0.338 e. The molecule has 0 fully saturated rings. The van der Waals surface area contributed by atoms with E-state index in [1.54, 1.807) is 6.07 Å². The van der Waals surface area contributed by atoms with Crippen LogP contribution in [0.25, 0.3) is 11.1 Å². The van der Waals surface area contributed by atoms with E-state index in [9.17, 15) is 9.18 Å². The number of fused-ring (bicyclic) bond motifs is 1. The first-order chi connectivity index (χ1) is 9.15. The molecule has 0 atom stereocenters. The lowest BCUT2D eigenvalue weighted by molar-refractivity contribution is 0.0692. The molecule has 96 valence electrons. The van der Waals surface area contributed by atoms with Crippen molar-refractivity contribution in [2.24, 2.45) is 0 Å². The van der Waals surface area contributed by atoms with Crippen LogP contribution >= 0.6 is 0 Å². The molecule has 0 unspecified atom stereocenters. The van der Waals surface area contributed by atoms with Gasteiger partial charge in [-0.2, -0.15) is 0 Å². The fourth-order valence-electron chi connectivity index (χ4n) is 2.22. The first-order valence-corrected chi connectivity index (χ1v) is 5.88. The van der Waals surface area contributed by atoms with E-state index in [2.05, 4.69) is 0 Å². The summed E-state index contributed by atoms with van der Waals surface area (Å²) < 4.78 is 19.0. The Morgan fingerprint density at radius 1 is 1.05 bits per heavy atom. The average Bonchev–Trinajstić information content (AvgIpc) is 2.85. The minimum atomic E-state index is -1.26. The molecule has 0 bridgehead atoms. The molecule has 1 N–H and O–H groups in total. The molecule has 0 spiro atoms. The molecule has 0 aliphatic carbocycles. The molecule has 0 saturated heterocycles. The highest BCUT2D eigenvalue weighted by Gasteiger charge is 2.14. The van der Waals surface area contributed by atoms with Crippen molar-refractivity contribution >= 4 is 5.97 Å². The molecule has 19 heavy (non-hydrogen) atoms. The van der Waals surface area contributed by atoms with Crippen LogP contribution in [0, 0.1) is 5.82 Å². The molecule has 1 heterocycles. The number of carbonyl (C=O) groups is 1. The molecule has 0 radical (unpaired) electrons. The van der Waals surface area contributed by atoms with Crippen LogP contribution in [0.3, 0.4) is 0 Å². The van der Waals surface area contributed by atoms with E-state index in [4.69, 9.17) is 9.84 Å². The largest absolute Gasteiger partial charge is 0.478 e. The Bertz CT molecular complexity index is 664. The number of carboxylic acid groups (broad SMARTS) is 1. The predicted molar refractivity (Wildman–Crippen MR) is 67.3 cm³/mol. The highest BCUT2D eigenvalue weighted by molar-refractivity contribution is 5.88. The second kappa shape index (κ2) is 4.48. The minimum absolute atomic E-state index is 0.312. The molecule has 4 heteroatoms. The van der Waals surface area contributed by atoms with Crippen molar-refractivity contribution in [1.29, 1.82) is 0 Å². The number of benzene rings is 2. The summed E-state index contributed by atoms with van der Waals surface area (Å²) in [4.78, 5) is 10.8. The Kier molecular flexibility index (Phi) is 2.80. The second-order valence-corrected chi connectivity index (χ2v) is 4.48. The van der Waals surface area contributed by atoms with Gasteiger partial charge < -0.3 is 9.84 Å². The Labute approximate surface area is 109 Å². The van der Waals surface area contributed by atoms with Crippen molar-refractivity contribution in [1.82, 2.24) is 0 Å². The van der Waals surface area contributed by atoms with Crippen LogP contribution < -0.4 is 0 Å². The quantitative estimate of drug-likeness (QED) is 0.899. The molecule has 2 aromatic carbocycles. The summed E-state index contributed by atoms with van der Waals surface area (Å²) in [6.45, 7) is 1.18. The van der Waals surface area contributed by atoms with Crippen LogP contribution in [-0.2, 0) is 18.0 Å². The van der Waals surface area contributed by atoms with E-state index in [0.29, 0.717) is 18.8 Å². The SMILES string of the molecule is O=C(O)c1ccc(-c2ccc3c(c2)COC3)cc1F. The van der Waals surface area contributed by atoms with Gasteiger partial charge in [-0.1, -0.05) is 18.2 Å². The Morgan fingerprint density at radius 2 is 1.74 bits per heavy atom. The molecule has 1 aliphatic rings. The molecule has 0 aromatic heterocycles. The third-order valence-electron chi connectivity index (χ3n) is 3.25. The number of hydrogen-bond donors (Lipinski definition) is 1. The van der Waals surface area contributed by atoms with Gasteiger partial charge in [-0.05, 0) is 40.5 Å². The Morgan fingerprint density at radius 3 is 2.47 bits per heavy atom. The molecule has 0 saturated carbocycles. The molecular formula is C15H11FO3.